The highest BCUT2D eigenvalue weighted by atomic mass is 35.5. The third kappa shape index (κ3) is 4.38. The van der Waals surface area contributed by atoms with Crippen LogP contribution in [-0.4, -0.2) is 13.4 Å². The van der Waals surface area contributed by atoms with Crippen LogP contribution in [0.4, 0.5) is 19.0 Å². The average Bonchev–Trinajstić information content (AvgIpc) is 2.66. The molecule has 3 aromatic rings. The molecule has 0 aliphatic heterocycles. The number of aromatic nitrogens is 1. The highest BCUT2D eigenvalue weighted by Gasteiger charge is 2.31. The van der Waals surface area contributed by atoms with Crippen LogP contribution in [-0.2, 0) is 16.2 Å². The number of sulfonamides is 1. The molecule has 0 spiro atoms. The summed E-state index contributed by atoms with van der Waals surface area (Å²) in [7, 11) is -4.26. The van der Waals surface area contributed by atoms with Gasteiger partial charge in [0.1, 0.15) is 5.82 Å². The van der Waals surface area contributed by atoms with Crippen molar-refractivity contribution >= 4 is 27.4 Å². The van der Waals surface area contributed by atoms with Gasteiger partial charge < -0.3 is 0 Å². The van der Waals surface area contributed by atoms with Gasteiger partial charge >= 0.3 is 6.18 Å². The highest BCUT2D eigenvalue weighted by molar-refractivity contribution is 7.92. The van der Waals surface area contributed by atoms with E-state index >= 15 is 0 Å². The van der Waals surface area contributed by atoms with Crippen molar-refractivity contribution in [2.45, 2.75) is 24.9 Å². The van der Waals surface area contributed by atoms with Gasteiger partial charge in [-0.1, -0.05) is 35.9 Å². The number of hydrogen-bond acceptors (Lipinski definition) is 3. The molecule has 0 unspecified atom stereocenters. The molecular formula is C20H16ClF3N2O2S. The maximum atomic E-state index is 12.9. The van der Waals surface area contributed by atoms with Crippen molar-refractivity contribution in [3.63, 3.8) is 0 Å². The number of nitrogens with zero attached hydrogens (tertiary/aromatic N) is 1. The van der Waals surface area contributed by atoms with Gasteiger partial charge in [-0.2, -0.15) is 13.2 Å². The predicted molar refractivity (Wildman–Crippen MR) is 106 cm³/mol. The molecule has 0 radical (unpaired) electrons. The summed E-state index contributed by atoms with van der Waals surface area (Å²) in [5, 5.41) is 0.522. The van der Waals surface area contributed by atoms with Crippen molar-refractivity contribution in [2.24, 2.45) is 0 Å². The minimum Gasteiger partial charge on any atom is -0.263 e. The maximum absolute atomic E-state index is 12.9. The second-order valence-corrected chi connectivity index (χ2v) is 8.47. The van der Waals surface area contributed by atoms with Crippen molar-refractivity contribution in [3.05, 3.63) is 76.4 Å². The highest BCUT2D eigenvalue weighted by Crippen LogP contribution is 2.34. The first-order valence-electron chi connectivity index (χ1n) is 8.42. The van der Waals surface area contributed by atoms with E-state index in [9.17, 15) is 21.6 Å². The summed E-state index contributed by atoms with van der Waals surface area (Å²) < 4.78 is 66.2. The Balaban J connectivity index is 1.99. The van der Waals surface area contributed by atoms with Crippen LogP contribution in [0.2, 0.25) is 5.02 Å². The molecule has 0 amide bonds. The fourth-order valence-corrected chi connectivity index (χ4v) is 4.14. The summed E-state index contributed by atoms with van der Waals surface area (Å²) in [6.07, 6.45) is -3.17. The van der Waals surface area contributed by atoms with E-state index in [1.54, 1.807) is 26.0 Å². The molecule has 1 aromatic heterocycles. The van der Waals surface area contributed by atoms with Crippen LogP contribution in [0, 0.1) is 13.8 Å². The third-order valence-electron chi connectivity index (χ3n) is 4.51. The normalized spacial score (nSPS) is 12.1. The van der Waals surface area contributed by atoms with Gasteiger partial charge in [0.2, 0.25) is 0 Å². The summed E-state index contributed by atoms with van der Waals surface area (Å²) in [5.74, 6) is 0.0377. The van der Waals surface area contributed by atoms with E-state index < -0.39 is 26.7 Å². The summed E-state index contributed by atoms with van der Waals surface area (Å²) in [6, 6.07) is 10.7. The Morgan fingerprint density at radius 1 is 0.966 bits per heavy atom. The second-order valence-electron chi connectivity index (χ2n) is 6.38. The quantitative estimate of drug-likeness (QED) is 0.554. The standard InChI is InChI=1S/C20H16ClF3N2O2S/c1-12-13(2)19(25-11-17(12)16-8-3-4-9-18(16)21)26-29(27,28)15-7-5-6-14(10-15)20(22,23)24/h3-11H,1-2H3,(H,25,26). The van der Waals surface area contributed by atoms with Gasteiger partial charge in [-0.25, -0.2) is 13.4 Å². The molecule has 0 saturated heterocycles. The van der Waals surface area contributed by atoms with Crippen LogP contribution in [0.15, 0.2) is 59.6 Å². The number of rotatable bonds is 4. The molecule has 0 aliphatic rings. The minimum absolute atomic E-state index is 0.0377. The van der Waals surface area contributed by atoms with Gasteiger partial charge in [0.05, 0.1) is 10.5 Å². The zero-order valence-corrected chi connectivity index (χ0v) is 17.0. The van der Waals surface area contributed by atoms with Crippen LogP contribution >= 0.6 is 11.6 Å². The van der Waals surface area contributed by atoms with Gasteiger partial charge in [0, 0.05) is 22.3 Å². The van der Waals surface area contributed by atoms with Crippen LogP contribution < -0.4 is 4.72 Å². The molecule has 3 rings (SSSR count). The lowest BCUT2D eigenvalue weighted by Crippen LogP contribution is -2.16. The lowest BCUT2D eigenvalue weighted by molar-refractivity contribution is -0.137. The lowest BCUT2D eigenvalue weighted by Gasteiger charge is -2.15. The molecule has 1 heterocycles. The number of alkyl halides is 3. The number of benzene rings is 2. The maximum Gasteiger partial charge on any atom is 0.416 e. The molecular weight excluding hydrogens is 425 g/mol. The van der Waals surface area contributed by atoms with Gasteiger partial charge in [0.25, 0.3) is 10.0 Å². The Kier molecular flexibility index (Phi) is 5.60. The number of anilines is 1. The number of nitrogens with one attached hydrogen (secondary N) is 1. The van der Waals surface area contributed by atoms with Crippen molar-refractivity contribution in [3.8, 4) is 11.1 Å². The van der Waals surface area contributed by atoms with Gasteiger partial charge in [0.15, 0.2) is 0 Å². The van der Waals surface area contributed by atoms with E-state index in [0.29, 0.717) is 16.7 Å². The summed E-state index contributed by atoms with van der Waals surface area (Å²) in [4.78, 5) is 3.67. The van der Waals surface area contributed by atoms with Gasteiger partial charge in [-0.3, -0.25) is 4.72 Å². The molecule has 152 valence electrons. The molecule has 0 fully saturated rings. The van der Waals surface area contributed by atoms with E-state index in [4.69, 9.17) is 11.6 Å². The molecule has 0 aliphatic carbocycles. The number of hydrogen-bond donors (Lipinski definition) is 1. The van der Waals surface area contributed by atoms with E-state index in [1.165, 1.54) is 6.20 Å². The first kappa shape index (κ1) is 21.1. The first-order valence-corrected chi connectivity index (χ1v) is 10.3. The zero-order valence-electron chi connectivity index (χ0n) is 15.4. The Labute approximate surface area is 171 Å². The Morgan fingerprint density at radius 3 is 2.31 bits per heavy atom. The molecule has 2 aromatic carbocycles. The molecule has 0 saturated carbocycles. The Morgan fingerprint density at radius 2 is 1.66 bits per heavy atom. The topological polar surface area (TPSA) is 59.1 Å². The molecule has 29 heavy (non-hydrogen) atoms. The number of halogens is 4. The Bertz CT molecular complexity index is 1180. The lowest BCUT2D eigenvalue weighted by atomic mass is 9.99. The van der Waals surface area contributed by atoms with E-state index in [0.717, 1.165) is 34.9 Å². The smallest absolute Gasteiger partial charge is 0.263 e. The Hall–Kier alpha value is -2.58. The second kappa shape index (κ2) is 7.68. The van der Waals surface area contributed by atoms with Gasteiger partial charge in [-0.15, -0.1) is 0 Å². The zero-order chi connectivity index (χ0) is 21.4. The molecule has 0 bridgehead atoms. The van der Waals surface area contributed by atoms with Crippen molar-refractivity contribution in [2.75, 3.05) is 4.72 Å². The van der Waals surface area contributed by atoms with Crippen LogP contribution in [0.5, 0.6) is 0 Å². The fraction of sp³-hybridized carbons (Fsp3) is 0.150. The molecule has 0 atom stereocenters. The summed E-state index contributed by atoms with van der Waals surface area (Å²) in [5.41, 5.74) is 1.72. The van der Waals surface area contributed by atoms with E-state index in [-0.39, 0.29) is 5.82 Å². The van der Waals surface area contributed by atoms with E-state index in [1.807, 2.05) is 12.1 Å². The molecule has 9 heteroatoms. The molecule has 4 nitrogen and oxygen atoms in total. The fourth-order valence-electron chi connectivity index (χ4n) is 2.78. The van der Waals surface area contributed by atoms with Crippen molar-refractivity contribution in [1.29, 1.82) is 0 Å². The first-order chi connectivity index (χ1) is 13.5. The largest absolute Gasteiger partial charge is 0.416 e. The van der Waals surface area contributed by atoms with Crippen LogP contribution in [0.1, 0.15) is 16.7 Å². The SMILES string of the molecule is Cc1c(-c2ccccc2Cl)cnc(NS(=O)(=O)c2cccc(C(F)(F)F)c2)c1C. The molecule has 1 N–H and O–H groups in total. The van der Waals surface area contributed by atoms with E-state index in [2.05, 4.69) is 9.71 Å². The third-order valence-corrected chi connectivity index (χ3v) is 6.18. The van der Waals surface area contributed by atoms with Crippen LogP contribution in [0.3, 0.4) is 0 Å². The monoisotopic (exact) mass is 440 g/mol. The average molecular weight is 441 g/mol. The van der Waals surface area contributed by atoms with Gasteiger partial charge in [-0.05, 0) is 49.2 Å². The minimum atomic E-state index is -4.65. The van der Waals surface area contributed by atoms with Crippen molar-refractivity contribution < 1.29 is 21.6 Å². The van der Waals surface area contributed by atoms with Crippen LogP contribution in [0.25, 0.3) is 11.1 Å². The summed E-state index contributed by atoms with van der Waals surface area (Å²) in [6.45, 7) is 3.46. The predicted octanol–water partition coefficient (Wildman–Crippen LogP) is 5.84. The summed E-state index contributed by atoms with van der Waals surface area (Å²) >= 11 is 6.23. The van der Waals surface area contributed by atoms with Crippen molar-refractivity contribution in [1.82, 2.24) is 4.98 Å². The number of pyridine rings is 1.